The zero-order valence-corrected chi connectivity index (χ0v) is 17.1. The van der Waals surface area contributed by atoms with Gasteiger partial charge < -0.3 is 20.0 Å². The van der Waals surface area contributed by atoms with Crippen molar-refractivity contribution in [1.82, 2.24) is 30.0 Å². The largest absolute Gasteiger partial charge is 0.414 e. The van der Waals surface area contributed by atoms with Crippen LogP contribution in [0.25, 0.3) is 23.0 Å². The summed E-state index contributed by atoms with van der Waals surface area (Å²) in [6.07, 6.45) is 3.24. The molecule has 1 aliphatic rings. The van der Waals surface area contributed by atoms with Gasteiger partial charge in [0.25, 0.3) is 11.8 Å². The Hall–Kier alpha value is -4.34. The topological polar surface area (TPSA) is 127 Å². The normalized spacial score (nSPS) is 13.9. The van der Waals surface area contributed by atoms with E-state index in [2.05, 4.69) is 25.1 Å². The molecule has 160 valence electrons. The highest BCUT2D eigenvalue weighted by molar-refractivity contribution is 5.92. The number of nitrogens with two attached hydrogens (primary N) is 1. The zero-order chi connectivity index (χ0) is 21.9. The van der Waals surface area contributed by atoms with E-state index >= 15 is 0 Å². The molecule has 2 N–H and O–H groups in total. The molecule has 1 fully saturated rings. The molecule has 0 aliphatic carbocycles. The van der Waals surface area contributed by atoms with E-state index < -0.39 is 0 Å². The van der Waals surface area contributed by atoms with Gasteiger partial charge in [-0.1, -0.05) is 24.3 Å². The smallest absolute Gasteiger partial charge is 0.272 e. The lowest BCUT2D eigenvalue weighted by molar-refractivity contribution is 0.0740. The van der Waals surface area contributed by atoms with Crippen molar-refractivity contribution in [3.05, 3.63) is 66.6 Å². The van der Waals surface area contributed by atoms with Gasteiger partial charge >= 0.3 is 0 Å². The van der Waals surface area contributed by atoms with Crippen LogP contribution in [0, 0.1) is 0 Å². The molecule has 5 rings (SSSR count). The van der Waals surface area contributed by atoms with Crippen LogP contribution in [0.5, 0.6) is 0 Å². The number of pyridine rings is 1. The van der Waals surface area contributed by atoms with Crippen molar-refractivity contribution in [3.8, 4) is 23.0 Å². The summed E-state index contributed by atoms with van der Waals surface area (Å²) >= 11 is 0. The lowest BCUT2D eigenvalue weighted by Crippen LogP contribution is -2.49. The van der Waals surface area contributed by atoms with Gasteiger partial charge in [-0.05, 0) is 24.3 Å². The maximum atomic E-state index is 12.6. The van der Waals surface area contributed by atoms with E-state index in [9.17, 15) is 4.79 Å². The molecule has 0 saturated carbocycles. The molecule has 0 spiro atoms. The van der Waals surface area contributed by atoms with Crippen molar-refractivity contribution in [2.24, 2.45) is 0 Å². The summed E-state index contributed by atoms with van der Waals surface area (Å²) in [6, 6.07) is 14.8. The molecule has 32 heavy (non-hydrogen) atoms. The Balaban J connectivity index is 1.32. The Labute approximate surface area is 183 Å². The molecule has 0 bridgehead atoms. The maximum Gasteiger partial charge on any atom is 0.272 e. The number of piperazine rings is 1. The van der Waals surface area contributed by atoms with Crippen LogP contribution in [-0.4, -0.2) is 62.1 Å². The average molecular weight is 428 g/mol. The minimum Gasteiger partial charge on any atom is -0.414 e. The molecule has 0 radical (unpaired) electrons. The number of aromatic nitrogens is 5. The first-order valence-corrected chi connectivity index (χ1v) is 10.2. The average Bonchev–Trinajstić information content (AvgIpc) is 3.35. The Morgan fingerprint density at radius 1 is 0.906 bits per heavy atom. The predicted octanol–water partition coefficient (Wildman–Crippen LogP) is 2.13. The number of nitrogens with zero attached hydrogens (tertiary/aromatic N) is 7. The van der Waals surface area contributed by atoms with Gasteiger partial charge in [-0.25, -0.2) is 9.97 Å². The summed E-state index contributed by atoms with van der Waals surface area (Å²) < 4.78 is 5.79. The van der Waals surface area contributed by atoms with Crippen molar-refractivity contribution in [2.45, 2.75) is 0 Å². The summed E-state index contributed by atoms with van der Waals surface area (Å²) in [5.74, 6) is 1.36. The van der Waals surface area contributed by atoms with Crippen LogP contribution in [-0.2, 0) is 0 Å². The van der Waals surface area contributed by atoms with Gasteiger partial charge in [0, 0.05) is 37.9 Å². The fourth-order valence-corrected chi connectivity index (χ4v) is 3.51. The van der Waals surface area contributed by atoms with Crippen LogP contribution in [0.1, 0.15) is 10.5 Å². The lowest BCUT2D eigenvalue weighted by atomic mass is 10.2. The molecule has 4 heterocycles. The van der Waals surface area contributed by atoms with Crippen LogP contribution in [0.15, 0.2) is 65.3 Å². The van der Waals surface area contributed by atoms with Gasteiger partial charge in [0.2, 0.25) is 5.89 Å². The second-order valence-corrected chi connectivity index (χ2v) is 7.23. The monoisotopic (exact) mass is 428 g/mol. The Bertz CT molecular complexity index is 1220. The van der Waals surface area contributed by atoms with Gasteiger partial charge in [-0.3, -0.25) is 9.78 Å². The highest BCUT2D eigenvalue weighted by atomic mass is 16.4. The molecule has 4 aromatic rings. The second kappa shape index (κ2) is 8.42. The van der Waals surface area contributed by atoms with E-state index in [1.807, 2.05) is 41.3 Å². The van der Waals surface area contributed by atoms with Gasteiger partial charge in [0.15, 0.2) is 11.5 Å². The van der Waals surface area contributed by atoms with Crippen molar-refractivity contribution in [2.75, 3.05) is 36.8 Å². The third-order valence-electron chi connectivity index (χ3n) is 5.21. The van der Waals surface area contributed by atoms with E-state index in [1.54, 1.807) is 29.4 Å². The number of amides is 1. The third-order valence-corrected chi connectivity index (χ3v) is 5.21. The molecule has 10 nitrogen and oxygen atoms in total. The van der Waals surface area contributed by atoms with Gasteiger partial charge in [0.05, 0.1) is 6.20 Å². The predicted molar refractivity (Wildman–Crippen MR) is 118 cm³/mol. The lowest BCUT2D eigenvalue weighted by Gasteiger charge is -2.35. The molecular weight excluding hydrogens is 408 g/mol. The molecule has 0 atom stereocenters. The first-order valence-electron chi connectivity index (χ1n) is 10.2. The second-order valence-electron chi connectivity index (χ2n) is 7.23. The highest BCUT2D eigenvalue weighted by Gasteiger charge is 2.25. The van der Waals surface area contributed by atoms with E-state index in [0.29, 0.717) is 49.3 Å². The minimum atomic E-state index is -0.0753. The number of hydrogen-bond acceptors (Lipinski definition) is 9. The summed E-state index contributed by atoms with van der Waals surface area (Å²) in [7, 11) is 0. The van der Waals surface area contributed by atoms with Gasteiger partial charge in [0.1, 0.15) is 11.5 Å². The quantitative estimate of drug-likeness (QED) is 0.520. The van der Waals surface area contributed by atoms with Gasteiger partial charge in [-0.2, -0.15) is 0 Å². The Kier molecular flexibility index (Phi) is 5.16. The van der Waals surface area contributed by atoms with Crippen molar-refractivity contribution in [1.29, 1.82) is 0 Å². The van der Waals surface area contributed by atoms with Crippen LogP contribution in [0.2, 0.25) is 0 Å². The summed E-state index contributed by atoms with van der Waals surface area (Å²) in [6.45, 7) is 2.32. The Morgan fingerprint density at radius 3 is 2.41 bits per heavy atom. The van der Waals surface area contributed by atoms with E-state index in [0.717, 1.165) is 5.56 Å². The minimum absolute atomic E-state index is 0.0753. The van der Waals surface area contributed by atoms with E-state index in [-0.39, 0.29) is 17.6 Å². The van der Waals surface area contributed by atoms with Crippen LogP contribution in [0.3, 0.4) is 0 Å². The van der Waals surface area contributed by atoms with E-state index in [1.165, 1.54) is 0 Å². The van der Waals surface area contributed by atoms with Crippen LogP contribution in [0.4, 0.5) is 11.6 Å². The molecule has 10 heteroatoms. The maximum absolute atomic E-state index is 12.6. The van der Waals surface area contributed by atoms with Crippen molar-refractivity contribution < 1.29 is 9.21 Å². The number of carbonyl (C=O) groups is 1. The molecule has 3 aromatic heterocycles. The highest BCUT2D eigenvalue weighted by Crippen LogP contribution is 2.27. The SMILES string of the molecule is Nc1ncc(N2CCN(C(=O)c3ccccn3)CC2)nc1-c1nnc(-c2ccccc2)o1. The first-order chi connectivity index (χ1) is 15.7. The van der Waals surface area contributed by atoms with Crippen LogP contribution >= 0.6 is 0 Å². The number of nitrogen functional groups attached to an aromatic ring is 1. The summed E-state index contributed by atoms with van der Waals surface area (Å²) in [5, 5.41) is 8.20. The standard InChI is InChI=1S/C22H20N8O2/c23-19-18(21-28-27-20(32-21)15-6-2-1-3-7-15)26-17(14-25-19)29-10-12-30(13-11-29)22(31)16-8-4-5-9-24-16/h1-9,14H,10-13H2,(H2,23,25). The molecule has 1 saturated heterocycles. The Morgan fingerprint density at radius 2 is 1.66 bits per heavy atom. The molecule has 1 aromatic carbocycles. The molecule has 1 aliphatic heterocycles. The molecule has 1 amide bonds. The first kappa shape index (κ1) is 19.6. The van der Waals surface area contributed by atoms with E-state index in [4.69, 9.17) is 10.2 Å². The number of rotatable bonds is 4. The summed E-state index contributed by atoms with van der Waals surface area (Å²) in [5.41, 5.74) is 7.64. The fourth-order valence-electron chi connectivity index (χ4n) is 3.51. The third kappa shape index (κ3) is 3.85. The zero-order valence-electron chi connectivity index (χ0n) is 17.1. The molecular formula is C22H20N8O2. The van der Waals surface area contributed by atoms with Crippen molar-refractivity contribution >= 4 is 17.5 Å². The number of hydrogen-bond donors (Lipinski definition) is 1. The number of benzene rings is 1. The fraction of sp³-hybridized carbons (Fsp3) is 0.182. The number of anilines is 2. The van der Waals surface area contributed by atoms with Crippen LogP contribution < -0.4 is 10.6 Å². The molecule has 0 unspecified atom stereocenters. The summed E-state index contributed by atoms with van der Waals surface area (Å²) in [4.78, 5) is 29.5. The van der Waals surface area contributed by atoms with Gasteiger partial charge in [-0.15, -0.1) is 10.2 Å². The number of carbonyl (C=O) groups excluding carboxylic acids is 1. The van der Waals surface area contributed by atoms with Crippen molar-refractivity contribution in [3.63, 3.8) is 0 Å².